The third-order valence-electron chi connectivity index (χ3n) is 3.78. The number of carbonyl (C=O) groups is 1. The smallest absolute Gasteiger partial charge is 0.221 e. The first-order valence-electron chi connectivity index (χ1n) is 7.04. The summed E-state index contributed by atoms with van der Waals surface area (Å²) in [4.78, 5) is 12.6. The largest absolute Gasteiger partial charge is 0.349 e. The van der Waals surface area contributed by atoms with Crippen molar-refractivity contribution in [2.45, 2.75) is 42.5 Å². The fourth-order valence-electron chi connectivity index (χ4n) is 2.61. The summed E-state index contributed by atoms with van der Waals surface area (Å²) < 4.78 is 13.4. The van der Waals surface area contributed by atoms with Gasteiger partial charge in [-0.1, -0.05) is 25.0 Å². The summed E-state index contributed by atoms with van der Waals surface area (Å²) in [5, 5.41) is 3.07. The minimum Gasteiger partial charge on any atom is -0.349 e. The van der Waals surface area contributed by atoms with Crippen LogP contribution in [0.1, 0.15) is 32.1 Å². The Kier molecular flexibility index (Phi) is 7.49. The first-order chi connectivity index (χ1) is 9.65. The minimum atomic E-state index is -0.230. The van der Waals surface area contributed by atoms with Crippen LogP contribution in [0.25, 0.3) is 0 Å². The summed E-state index contributed by atoms with van der Waals surface area (Å²) in [6, 6.07) is 6.63. The maximum atomic E-state index is 13.4. The molecule has 118 valence electrons. The molecule has 1 fully saturated rings. The van der Waals surface area contributed by atoms with Gasteiger partial charge >= 0.3 is 0 Å². The van der Waals surface area contributed by atoms with Crippen molar-refractivity contribution in [3.05, 3.63) is 30.1 Å². The lowest BCUT2D eigenvalue weighted by Crippen LogP contribution is -2.51. The van der Waals surface area contributed by atoms with Crippen LogP contribution >= 0.6 is 24.2 Å². The molecule has 0 heterocycles. The third-order valence-corrected chi connectivity index (χ3v) is 4.83. The molecule has 3 N–H and O–H groups in total. The number of hydrogen-bond donors (Lipinski definition) is 2. The van der Waals surface area contributed by atoms with Crippen molar-refractivity contribution in [3.8, 4) is 0 Å². The first kappa shape index (κ1) is 18.3. The van der Waals surface area contributed by atoms with Gasteiger partial charge in [-0.2, -0.15) is 0 Å². The molecule has 2 rings (SSSR count). The summed E-state index contributed by atoms with van der Waals surface area (Å²) in [7, 11) is 0. The Morgan fingerprint density at radius 1 is 1.33 bits per heavy atom. The Morgan fingerprint density at radius 2 is 2.00 bits per heavy atom. The number of nitrogens with two attached hydrogens (primary N) is 1. The summed E-state index contributed by atoms with van der Waals surface area (Å²) in [6.45, 7) is 0.499. The molecule has 0 unspecified atom stereocenters. The molecule has 1 aliphatic carbocycles. The van der Waals surface area contributed by atoms with E-state index in [0.717, 1.165) is 25.7 Å². The van der Waals surface area contributed by atoms with Crippen molar-refractivity contribution in [3.63, 3.8) is 0 Å². The lowest BCUT2D eigenvalue weighted by molar-refractivity contribution is -0.122. The minimum absolute atomic E-state index is 0. The second-order valence-electron chi connectivity index (χ2n) is 5.27. The summed E-state index contributed by atoms with van der Waals surface area (Å²) in [6.07, 6.45) is 4.58. The number of benzene rings is 1. The number of thioether (sulfide) groups is 1. The fraction of sp³-hybridized carbons (Fsp3) is 0.533. The van der Waals surface area contributed by atoms with Gasteiger partial charge in [0.05, 0.1) is 5.54 Å². The van der Waals surface area contributed by atoms with Crippen LogP contribution in [0.3, 0.4) is 0 Å². The molecule has 1 aromatic rings. The van der Waals surface area contributed by atoms with Crippen LogP contribution in [0.2, 0.25) is 0 Å². The van der Waals surface area contributed by atoms with E-state index in [1.807, 2.05) is 0 Å². The number of nitrogens with one attached hydrogen (secondary N) is 1. The average molecular weight is 333 g/mol. The van der Waals surface area contributed by atoms with Crippen molar-refractivity contribution in [2.24, 2.45) is 5.73 Å². The Bertz CT molecular complexity index is 467. The van der Waals surface area contributed by atoms with Crippen molar-refractivity contribution >= 4 is 30.1 Å². The van der Waals surface area contributed by atoms with Crippen LogP contribution in [-0.2, 0) is 4.79 Å². The van der Waals surface area contributed by atoms with Gasteiger partial charge in [-0.25, -0.2) is 4.39 Å². The molecule has 1 aliphatic rings. The van der Waals surface area contributed by atoms with E-state index in [-0.39, 0.29) is 29.7 Å². The zero-order valence-corrected chi connectivity index (χ0v) is 13.6. The van der Waals surface area contributed by atoms with Gasteiger partial charge in [-0.3, -0.25) is 4.79 Å². The number of hydrogen-bond acceptors (Lipinski definition) is 3. The molecule has 21 heavy (non-hydrogen) atoms. The maximum absolute atomic E-state index is 13.4. The zero-order chi connectivity index (χ0) is 14.4. The van der Waals surface area contributed by atoms with E-state index in [0.29, 0.717) is 23.6 Å². The molecule has 0 aromatic heterocycles. The predicted octanol–water partition coefficient (Wildman–Crippen LogP) is 3.12. The van der Waals surface area contributed by atoms with Gasteiger partial charge in [0.25, 0.3) is 0 Å². The highest BCUT2D eigenvalue weighted by Gasteiger charge is 2.33. The van der Waals surface area contributed by atoms with Gasteiger partial charge in [0.1, 0.15) is 5.82 Å². The molecule has 0 saturated heterocycles. The molecule has 6 heteroatoms. The third kappa shape index (κ3) is 5.16. The van der Waals surface area contributed by atoms with Crippen molar-refractivity contribution < 1.29 is 9.18 Å². The molecular formula is C15H22ClFN2OS. The van der Waals surface area contributed by atoms with Gasteiger partial charge in [0.15, 0.2) is 0 Å². The topological polar surface area (TPSA) is 55.1 Å². The van der Waals surface area contributed by atoms with E-state index in [4.69, 9.17) is 5.73 Å². The number of halogens is 2. The van der Waals surface area contributed by atoms with E-state index < -0.39 is 0 Å². The van der Waals surface area contributed by atoms with E-state index in [1.165, 1.54) is 17.8 Å². The monoisotopic (exact) mass is 332 g/mol. The molecule has 3 nitrogen and oxygen atoms in total. The first-order valence-corrected chi connectivity index (χ1v) is 8.02. The molecule has 0 aliphatic heterocycles. The van der Waals surface area contributed by atoms with Crippen LogP contribution in [0.5, 0.6) is 0 Å². The van der Waals surface area contributed by atoms with Crippen molar-refractivity contribution in [1.82, 2.24) is 5.32 Å². The second-order valence-corrected chi connectivity index (χ2v) is 6.41. The predicted molar refractivity (Wildman–Crippen MR) is 87.4 cm³/mol. The standard InChI is InChI=1S/C15H21FN2OS.ClH/c16-12-5-1-2-6-13(12)20-10-7-14(19)18-15(11-17)8-3-4-9-15;/h1-2,5-6H,3-4,7-11,17H2,(H,18,19);1H. The van der Waals surface area contributed by atoms with Gasteiger partial charge in [-0.15, -0.1) is 24.2 Å². The van der Waals surface area contributed by atoms with Crippen LogP contribution in [0.15, 0.2) is 29.2 Å². The van der Waals surface area contributed by atoms with Crippen LogP contribution in [0, 0.1) is 5.82 Å². The maximum Gasteiger partial charge on any atom is 0.221 e. The molecule has 0 atom stereocenters. The summed E-state index contributed by atoms with van der Waals surface area (Å²) in [5.41, 5.74) is 5.59. The number of amides is 1. The van der Waals surface area contributed by atoms with Crippen molar-refractivity contribution in [2.75, 3.05) is 12.3 Å². The second kappa shape index (κ2) is 8.61. The van der Waals surface area contributed by atoms with Crippen LogP contribution < -0.4 is 11.1 Å². The molecule has 1 saturated carbocycles. The van der Waals surface area contributed by atoms with Crippen LogP contribution in [0.4, 0.5) is 4.39 Å². The normalized spacial score (nSPS) is 16.3. The quantitative estimate of drug-likeness (QED) is 0.787. The Balaban J connectivity index is 0.00000220. The highest BCUT2D eigenvalue weighted by Crippen LogP contribution is 2.29. The highest BCUT2D eigenvalue weighted by atomic mass is 35.5. The van der Waals surface area contributed by atoms with Gasteiger partial charge in [-0.05, 0) is 25.0 Å². The zero-order valence-electron chi connectivity index (χ0n) is 11.9. The lowest BCUT2D eigenvalue weighted by Gasteiger charge is -2.28. The Morgan fingerprint density at radius 3 is 2.62 bits per heavy atom. The number of rotatable bonds is 6. The Labute approximate surface area is 135 Å². The van der Waals surface area contributed by atoms with E-state index in [9.17, 15) is 9.18 Å². The number of carbonyl (C=O) groups excluding carboxylic acids is 1. The summed E-state index contributed by atoms with van der Waals surface area (Å²) in [5.74, 6) is 0.362. The SMILES string of the molecule is Cl.NCC1(NC(=O)CCSc2ccccc2F)CCCC1. The average Bonchev–Trinajstić information content (AvgIpc) is 2.90. The molecular weight excluding hydrogens is 311 g/mol. The molecule has 1 aromatic carbocycles. The lowest BCUT2D eigenvalue weighted by atomic mass is 9.98. The molecule has 1 amide bonds. The van der Waals surface area contributed by atoms with E-state index >= 15 is 0 Å². The molecule has 0 spiro atoms. The highest BCUT2D eigenvalue weighted by molar-refractivity contribution is 7.99. The molecule has 0 radical (unpaired) electrons. The van der Waals surface area contributed by atoms with Crippen molar-refractivity contribution in [1.29, 1.82) is 0 Å². The van der Waals surface area contributed by atoms with Gasteiger partial charge in [0, 0.05) is 23.6 Å². The van der Waals surface area contributed by atoms with Crippen LogP contribution in [-0.4, -0.2) is 23.7 Å². The van der Waals surface area contributed by atoms with Gasteiger partial charge < -0.3 is 11.1 Å². The van der Waals surface area contributed by atoms with Gasteiger partial charge in [0.2, 0.25) is 5.91 Å². The molecule has 0 bridgehead atoms. The summed E-state index contributed by atoms with van der Waals surface area (Å²) >= 11 is 1.37. The van der Waals surface area contributed by atoms with E-state index in [2.05, 4.69) is 5.32 Å². The fourth-order valence-corrected chi connectivity index (χ4v) is 3.49. The van der Waals surface area contributed by atoms with E-state index in [1.54, 1.807) is 18.2 Å². The Hall–Kier alpha value is -0.780.